The molecule has 64 heavy (non-hydrogen) atoms. The van der Waals surface area contributed by atoms with E-state index in [1.54, 1.807) is 0 Å². The normalized spacial score (nSPS) is 12.5. The van der Waals surface area contributed by atoms with E-state index in [-0.39, 0.29) is 0 Å². The van der Waals surface area contributed by atoms with Gasteiger partial charge < -0.3 is 0 Å². The molecule has 5 heteroatoms. The molecule has 1 aliphatic rings. The number of hydrogen-bond acceptors (Lipinski definition) is 3. The third kappa shape index (κ3) is 6.24. The summed E-state index contributed by atoms with van der Waals surface area (Å²) in [6.45, 7) is 0. The number of para-hydroxylation sites is 3. The molecule has 0 fully saturated rings. The van der Waals surface area contributed by atoms with Crippen LogP contribution in [0.5, 0.6) is 0 Å². The van der Waals surface area contributed by atoms with Crippen LogP contribution in [0, 0.1) is 0 Å². The maximum atomic E-state index is 5.22. The van der Waals surface area contributed by atoms with Crippen molar-refractivity contribution in [2.75, 3.05) is 0 Å². The van der Waals surface area contributed by atoms with Crippen molar-refractivity contribution < 1.29 is 0 Å². The van der Waals surface area contributed by atoms with Crippen molar-refractivity contribution in [3.63, 3.8) is 0 Å². The number of nitrogens with zero attached hydrogens (tertiary/aromatic N) is 4. The fourth-order valence-electron chi connectivity index (χ4n) is 9.77. The minimum Gasteiger partial charge on any atom is -0.292 e. The molecule has 2 aromatic heterocycles. The van der Waals surface area contributed by atoms with Crippen LogP contribution in [0.1, 0.15) is 0 Å². The molecule has 0 saturated heterocycles. The molecule has 11 aromatic rings. The molecule has 0 spiro atoms. The highest BCUT2D eigenvalue weighted by Crippen LogP contribution is 2.35. The summed E-state index contributed by atoms with van der Waals surface area (Å²) in [5, 5.41) is 5.70. The number of benzene rings is 9. The number of imidazole rings is 1. The molecular weight excluding hydrogens is 793 g/mol. The summed E-state index contributed by atoms with van der Waals surface area (Å²) < 4.78 is 2.23. The lowest BCUT2D eigenvalue weighted by Crippen LogP contribution is -2.72. The zero-order valence-electron chi connectivity index (χ0n) is 34.9. The minimum absolute atomic E-state index is 0.672. The number of rotatable bonds is 8. The Labute approximate surface area is 373 Å². The van der Waals surface area contributed by atoms with E-state index in [0.717, 1.165) is 61.8 Å². The van der Waals surface area contributed by atoms with Crippen LogP contribution in [0.2, 0.25) is 0 Å². The Kier molecular flexibility index (Phi) is 9.13. The molecule has 12 rings (SSSR count). The van der Waals surface area contributed by atoms with Gasteiger partial charge in [0, 0.05) is 27.9 Å². The number of hydrogen-bond donors (Lipinski definition) is 0. The van der Waals surface area contributed by atoms with E-state index in [4.69, 9.17) is 15.0 Å². The summed E-state index contributed by atoms with van der Waals surface area (Å²) in [6, 6.07) is 87.1. The first-order chi connectivity index (χ1) is 31.7. The van der Waals surface area contributed by atoms with Crippen LogP contribution in [-0.2, 0) is 0 Å². The van der Waals surface area contributed by atoms with Crippen LogP contribution in [0.4, 0.5) is 0 Å². The topological polar surface area (TPSA) is 43.6 Å². The summed E-state index contributed by atoms with van der Waals surface area (Å²) in [4.78, 5) is 15.5. The standard InChI is InChI=1S/C59H40N4Si/c1-5-17-42(18-6-1)53-40-54(61-58(60-53)44-33-35-45(36-34-44)59-62-52-26-14-15-27-55(52)63(59)47-19-7-2-8-20-47)43-31-29-41(30-32-43)46-37-38-57-51(39-46)50-25-13-16-28-56(50)64(57,48-21-9-3-10-22-48)49-23-11-4-12-24-49/h1-40H. The zero-order chi connectivity index (χ0) is 42.5. The van der Waals surface area contributed by atoms with E-state index >= 15 is 0 Å². The highest BCUT2D eigenvalue weighted by Gasteiger charge is 2.48. The summed E-state index contributed by atoms with van der Waals surface area (Å²) in [7, 11) is -2.53. The average Bonchev–Trinajstić information content (AvgIpc) is 3.92. The SMILES string of the molecule is c1ccc(-c2cc(-c3ccc(-c4ccc5c(c4)-c4ccccc4[Si]5(c4ccccc4)c4ccccc4)cc3)nc(-c3ccc(-c4nc5ccccc5n4-c4ccccc4)cc3)n2)cc1. The van der Waals surface area contributed by atoms with Crippen molar-refractivity contribution >= 4 is 39.9 Å². The molecule has 0 aliphatic carbocycles. The van der Waals surface area contributed by atoms with E-state index in [9.17, 15) is 0 Å². The quantitative estimate of drug-likeness (QED) is 0.143. The summed E-state index contributed by atoms with van der Waals surface area (Å²) >= 11 is 0. The molecule has 0 atom stereocenters. The third-order valence-electron chi connectivity index (χ3n) is 12.7. The largest absolute Gasteiger partial charge is 0.292 e. The molecular formula is C59H40N4Si. The smallest absolute Gasteiger partial charge is 0.180 e. The zero-order valence-corrected chi connectivity index (χ0v) is 35.9. The molecule has 0 radical (unpaired) electrons. The maximum Gasteiger partial charge on any atom is 0.180 e. The second-order valence-corrected chi connectivity index (χ2v) is 20.1. The molecule has 0 amide bonds. The average molecular weight is 833 g/mol. The van der Waals surface area contributed by atoms with Gasteiger partial charge >= 0.3 is 0 Å². The van der Waals surface area contributed by atoms with Crippen molar-refractivity contribution in [2.45, 2.75) is 0 Å². The molecule has 4 nitrogen and oxygen atoms in total. The Hall–Kier alpha value is -8.25. The lowest BCUT2D eigenvalue weighted by Gasteiger charge is -2.31. The predicted octanol–water partition coefficient (Wildman–Crippen LogP) is 11.5. The van der Waals surface area contributed by atoms with Crippen molar-refractivity contribution in [1.82, 2.24) is 19.5 Å². The van der Waals surface area contributed by atoms with E-state index in [0.29, 0.717) is 5.82 Å². The van der Waals surface area contributed by atoms with E-state index < -0.39 is 8.07 Å². The van der Waals surface area contributed by atoms with Gasteiger partial charge in [-0.1, -0.05) is 206 Å². The Morgan fingerprint density at radius 1 is 0.328 bits per heavy atom. The first-order valence-corrected chi connectivity index (χ1v) is 23.8. The summed E-state index contributed by atoms with van der Waals surface area (Å²) in [6.07, 6.45) is 0. The number of aromatic nitrogens is 4. The maximum absolute atomic E-state index is 5.22. The molecule has 0 bridgehead atoms. The van der Waals surface area contributed by atoms with Crippen LogP contribution in [0.15, 0.2) is 243 Å². The van der Waals surface area contributed by atoms with Gasteiger partial charge in [-0.15, -0.1) is 0 Å². The van der Waals surface area contributed by atoms with Gasteiger partial charge in [-0.3, -0.25) is 4.57 Å². The molecule has 3 heterocycles. The van der Waals surface area contributed by atoms with E-state index in [1.165, 1.54) is 37.4 Å². The second-order valence-electron chi connectivity index (χ2n) is 16.4. The Balaban J connectivity index is 0.919. The summed E-state index contributed by atoms with van der Waals surface area (Å²) in [5.41, 5.74) is 13.9. The second kappa shape index (κ2) is 15.6. The van der Waals surface area contributed by atoms with Crippen LogP contribution in [-0.4, -0.2) is 27.6 Å². The number of fused-ring (bicyclic) bond motifs is 4. The highest BCUT2D eigenvalue weighted by atomic mass is 28.3. The van der Waals surface area contributed by atoms with Gasteiger partial charge in [0.15, 0.2) is 13.9 Å². The van der Waals surface area contributed by atoms with Crippen molar-refractivity contribution in [1.29, 1.82) is 0 Å². The highest BCUT2D eigenvalue weighted by molar-refractivity contribution is 7.22. The van der Waals surface area contributed by atoms with Gasteiger partial charge in [0.05, 0.1) is 22.4 Å². The van der Waals surface area contributed by atoms with E-state index in [2.05, 4.69) is 229 Å². The van der Waals surface area contributed by atoms with Gasteiger partial charge in [-0.2, -0.15) is 0 Å². The van der Waals surface area contributed by atoms with E-state index in [1.807, 2.05) is 18.2 Å². The Morgan fingerprint density at radius 3 is 1.52 bits per heavy atom. The molecule has 1 aliphatic heterocycles. The first kappa shape index (κ1) is 37.5. The summed E-state index contributed by atoms with van der Waals surface area (Å²) in [5.74, 6) is 1.56. The third-order valence-corrected chi connectivity index (χ3v) is 17.6. The Morgan fingerprint density at radius 2 is 0.828 bits per heavy atom. The molecule has 0 saturated carbocycles. The van der Waals surface area contributed by atoms with Crippen LogP contribution in [0.3, 0.4) is 0 Å². The molecule has 9 aromatic carbocycles. The van der Waals surface area contributed by atoms with Gasteiger partial charge in [-0.25, -0.2) is 15.0 Å². The van der Waals surface area contributed by atoms with Crippen molar-refractivity contribution in [3.8, 4) is 73.2 Å². The van der Waals surface area contributed by atoms with Crippen LogP contribution >= 0.6 is 0 Å². The van der Waals surface area contributed by atoms with Crippen LogP contribution in [0.25, 0.3) is 84.3 Å². The van der Waals surface area contributed by atoms with Crippen molar-refractivity contribution in [3.05, 3.63) is 243 Å². The lowest BCUT2D eigenvalue weighted by molar-refractivity contribution is 1.10. The monoisotopic (exact) mass is 832 g/mol. The minimum atomic E-state index is -2.53. The fraction of sp³-hybridized carbons (Fsp3) is 0. The first-order valence-electron chi connectivity index (χ1n) is 21.8. The molecule has 300 valence electrons. The lowest BCUT2D eigenvalue weighted by atomic mass is 9.98. The van der Waals surface area contributed by atoms with Gasteiger partial charge in [0.1, 0.15) is 5.82 Å². The Bertz CT molecular complexity index is 3420. The van der Waals surface area contributed by atoms with Gasteiger partial charge in [0.25, 0.3) is 0 Å². The predicted molar refractivity (Wildman–Crippen MR) is 266 cm³/mol. The molecule has 0 unspecified atom stereocenters. The van der Waals surface area contributed by atoms with Crippen LogP contribution < -0.4 is 20.7 Å². The molecule has 0 N–H and O–H groups in total. The van der Waals surface area contributed by atoms with Gasteiger partial charge in [-0.05, 0) is 79.4 Å². The fourth-order valence-corrected chi connectivity index (χ4v) is 14.9. The van der Waals surface area contributed by atoms with Gasteiger partial charge in [0.2, 0.25) is 0 Å². The van der Waals surface area contributed by atoms with Crippen molar-refractivity contribution in [2.24, 2.45) is 0 Å².